The standard InChI is InChI=1S/C5H6Si.B.H3N/c1-2-4-6-5-3-1;;/h1-6H;;1H3. The van der Waals surface area contributed by atoms with Crippen molar-refractivity contribution in [3.05, 3.63) is 29.6 Å². The molecule has 0 spiro atoms. The molecule has 0 aliphatic carbocycles. The van der Waals surface area contributed by atoms with Crippen molar-refractivity contribution in [2.75, 3.05) is 0 Å². The van der Waals surface area contributed by atoms with E-state index in [4.69, 9.17) is 0 Å². The minimum atomic E-state index is 0. The zero-order valence-electron chi connectivity index (χ0n) is 4.75. The molecule has 3 heteroatoms. The molecule has 0 aromatic carbocycles. The molecule has 1 aromatic rings. The maximum Gasteiger partial charge on any atom is 0.0198 e. The molecule has 1 rings (SSSR count). The Hall–Kier alpha value is -0.408. The van der Waals surface area contributed by atoms with Gasteiger partial charge in [-0.3, -0.25) is 0 Å². The van der Waals surface area contributed by atoms with Crippen molar-refractivity contribution in [1.29, 1.82) is 0 Å². The SMILES string of the molecule is N.[B].c1cc[siH]cc1. The minimum absolute atomic E-state index is 0. The average Bonchev–Trinajstić information content (AvgIpc) is 1.72. The zero-order chi connectivity index (χ0) is 4.24. The second-order valence-electron chi connectivity index (χ2n) is 1.15. The highest BCUT2D eigenvalue weighted by Gasteiger charge is 1.58. The van der Waals surface area contributed by atoms with Crippen LogP contribution >= 0.6 is 0 Å². The van der Waals surface area contributed by atoms with E-state index in [1.54, 1.807) is 0 Å². The Morgan fingerprint density at radius 2 is 1.38 bits per heavy atom. The molecule has 0 saturated carbocycles. The number of rotatable bonds is 0. The van der Waals surface area contributed by atoms with Crippen LogP contribution in [0, 0.1) is 0 Å². The summed E-state index contributed by atoms with van der Waals surface area (Å²) in [5.41, 5.74) is 4.42. The first-order valence-corrected chi connectivity index (χ1v) is 3.33. The van der Waals surface area contributed by atoms with Gasteiger partial charge < -0.3 is 6.15 Å². The van der Waals surface area contributed by atoms with Crippen LogP contribution in [0.4, 0.5) is 0 Å². The van der Waals surface area contributed by atoms with E-state index in [0.717, 1.165) is 0 Å². The van der Waals surface area contributed by atoms with Gasteiger partial charge >= 0.3 is 0 Å². The van der Waals surface area contributed by atoms with E-state index in [1.165, 1.54) is 0 Å². The fourth-order valence-electron chi connectivity index (χ4n) is 0.385. The summed E-state index contributed by atoms with van der Waals surface area (Å²) in [6.07, 6.45) is 0. The predicted octanol–water partition coefficient (Wildman–Crippen LogP) is 0.538. The summed E-state index contributed by atoms with van der Waals surface area (Å²) in [4.78, 5) is 0. The lowest BCUT2D eigenvalue weighted by molar-refractivity contribution is 1.87. The van der Waals surface area contributed by atoms with Crippen LogP contribution in [0.5, 0.6) is 0 Å². The first-order valence-electron chi connectivity index (χ1n) is 2.00. The molecule has 0 saturated heterocycles. The van der Waals surface area contributed by atoms with E-state index in [9.17, 15) is 0 Å². The fourth-order valence-corrected chi connectivity index (χ4v) is 1.03. The van der Waals surface area contributed by atoms with E-state index in [0.29, 0.717) is 9.12 Å². The smallest absolute Gasteiger partial charge is 0.0198 e. The van der Waals surface area contributed by atoms with E-state index in [2.05, 4.69) is 29.6 Å². The van der Waals surface area contributed by atoms with Crippen molar-refractivity contribution in [2.24, 2.45) is 0 Å². The van der Waals surface area contributed by atoms with Gasteiger partial charge in [0, 0.05) is 17.5 Å². The minimum Gasteiger partial charge on any atom is -0.344 e. The monoisotopic (exact) mass is 122 g/mol. The van der Waals surface area contributed by atoms with Crippen molar-refractivity contribution in [1.82, 2.24) is 6.15 Å². The normalized spacial score (nSPS) is 6.00. The largest absolute Gasteiger partial charge is 0.344 e. The molecule has 0 amide bonds. The van der Waals surface area contributed by atoms with Crippen LogP contribution in [-0.2, 0) is 0 Å². The van der Waals surface area contributed by atoms with Gasteiger partial charge in [-0.2, -0.15) is 0 Å². The third-order valence-corrected chi connectivity index (χ3v) is 1.56. The molecule has 3 N–H and O–H groups in total. The fraction of sp³-hybridized carbons (Fsp3) is 0. The summed E-state index contributed by atoms with van der Waals surface area (Å²) in [5, 5.41) is 0. The van der Waals surface area contributed by atoms with Crippen LogP contribution in [0.3, 0.4) is 0 Å². The third-order valence-electron chi connectivity index (χ3n) is 0.667. The summed E-state index contributed by atoms with van der Waals surface area (Å²) in [5.74, 6) is 0. The van der Waals surface area contributed by atoms with Crippen LogP contribution in [0.25, 0.3) is 0 Å². The first kappa shape index (κ1) is 10.5. The van der Waals surface area contributed by atoms with Gasteiger partial charge in [-0.15, -0.1) is 0 Å². The Bertz CT molecular complexity index is 84.4. The Morgan fingerprint density at radius 3 is 1.50 bits per heavy atom. The molecule has 0 aliphatic heterocycles. The Morgan fingerprint density at radius 1 is 0.875 bits per heavy atom. The molecule has 0 aliphatic rings. The van der Waals surface area contributed by atoms with Crippen LogP contribution < -0.4 is 6.15 Å². The van der Waals surface area contributed by atoms with Crippen molar-refractivity contribution < 1.29 is 0 Å². The molecule has 0 bridgehead atoms. The molecular weight excluding hydrogens is 113 g/mol. The molecule has 0 unspecified atom stereocenters. The molecule has 0 atom stereocenters. The Kier molecular flexibility index (Phi) is 8.69. The Labute approximate surface area is 54.0 Å². The summed E-state index contributed by atoms with van der Waals surface area (Å²) < 4.78 is 0. The van der Waals surface area contributed by atoms with Crippen LogP contribution in [0.15, 0.2) is 29.6 Å². The van der Waals surface area contributed by atoms with Gasteiger partial charge in [-0.1, -0.05) is 29.6 Å². The predicted molar refractivity (Wildman–Crippen MR) is 40.0 cm³/mol. The Balaban J connectivity index is 0. The van der Waals surface area contributed by atoms with Crippen molar-refractivity contribution in [3.63, 3.8) is 0 Å². The molecule has 1 nitrogen and oxygen atoms in total. The lowest BCUT2D eigenvalue weighted by Gasteiger charge is -1.69. The summed E-state index contributed by atoms with van der Waals surface area (Å²) in [6, 6.07) is 6.24. The molecule has 3 radical (unpaired) electrons. The quantitative estimate of drug-likeness (QED) is 0.500. The molecule has 8 heavy (non-hydrogen) atoms. The van der Waals surface area contributed by atoms with Crippen molar-refractivity contribution in [3.8, 4) is 0 Å². The highest BCUT2D eigenvalue weighted by atomic mass is 28.2. The summed E-state index contributed by atoms with van der Waals surface area (Å²) in [6.45, 7) is 0. The molecule has 41 valence electrons. The van der Waals surface area contributed by atoms with Gasteiger partial charge in [0.25, 0.3) is 0 Å². The highest BCUT2D eigenvalue weighted by Crippen LogP contribution is 1.73. The van der Waals surface area contributed by atoms with Crippen LogP contribution in [-0.4, -0.2) is 17.5 Å². The van der Waals surface area contributed by atoms with E-state index >= 15 is 0 Å². The first-order chi connectivity index (χ1) is 3.00. The molecule has 1 aromatic heterocycles. The van der Waals surface area contributed by atoms with Crippen LogP contribution in [0.2, 0.25) is 0 Å². The van der Waals surface area contributed by atoms with Crippen LogP contribution in [0.1, 0.15) is 0 Å². The van der Waals surface area contributed by atoms with Gasteiger partial charge in [0.15, 0.2) is 0 Å². The zero-order valence-corrected chi connectivity index (χ0v) is 5.90. The summed E-state index contributed by atoms with van der Waals surface area (Å²) in [7, 11) is 0.513. The van der Waals surface area contributed by atoms with Gasteiger partial charge in [-0.05, 0) is 0 Å². The van der Waals surface area contributed by atoms with E-state index in [-0.39, 0.29) is 14.6 Å². The molecular formula is C5H9BNSi. The second-order valence-corrected chi connectivity index (χ2v) is 2.31. The van der Waals surface area contributed by atoms with E-state index < -0.39 is 0 Å². The third kappa shape index (κ3) is 3.77. The molecule has 0 fully saturated rings. The van der Waals surface area contributed by atoms with Gasteiger partial charge in [0.1, 0.15) is 0 Å². The van der Waals surface area contributed by atoms with Crippen molar-refractivity contribution >= 4 is 17.5 Å². The lowest BCUT2D eigenvalue weighted by atomic mass is 10.6. The van der Waals surface area contributed by atoms with Crippen molar-refractivity contribution in [2.45, 2.75) is 0 Å². The second kappa shape index (κ2) is 6.59. The maximum atomic E-state index is 2.21. The maximum absolute atomic E-state index is 2.21. The molecule has 1 heterocycles. The lowest BCUT2D eigenvalue weighted by Crippen LogP contribution is -1.60. The number of hydrogen-bond donors (Lipinski definition) is 1. The van der Waals surface area contributed by atoms with Gasteiger partial charge in [0.05, 0.1) is 0 Å². The highest BCUT2D eigenvalue weighted by molar-refractivity contribution is 6.26. The number of hydrogen-bond acceptors (Lipinski definition) is 1. The van der Waals surface area contributed by atoms with E-state index in [1.807, 2.05) is 0 Å². The van der Waals surface area contributed by atoms with Gasteiger partial charge in [-0.25, -0.2) is 0 Å². The summed E-state index contributed by atoms with van der Waals surface area (Å²) >= 11 is 0. The average molecular weight is 122 g/mol. The van der Waals surface area contributed by atoms with Gasteiger partial charge in [0.2, 0.25) is 0 Å². The topological polar surface area (TPSA) is 35.0 Å².